The van der Waals surface area contributed by atoms with Gasteiger partial charge in [0, 0.05) is 24.1 Å². The molecular formula is C14H17NO2. The van der Waals surface area contributed by atoms with Gasteiger partial charge in [-0.2, -0.15) is 0 Å². The molecule has 3 nitrogen and oxygen atoms in total. The average Bonchev–Trinajstić information content (AvgIpc) is 2.32. The Morgan fingerprint density at radius 1 is 1.47 bits per heavy atom. The van der Waals surface area contributed by atoms with E-state index in [1.54, 1.807) is 12.1 Å². The maximum atomic E-state index is 11.6. The van der Waals surface area contributed by atoms with Crippen LogP contribution in [0.5, 0.6) is 0 Å². The maximum absolute atomic E-state index is 11.6. The highest BCUT2D eigenvalue weighted by molar-refractivity contribution is 5.94. The van der Waals surface area contributed by atoms with E-state index in [1.165, 1.54) is 0 Å². The predicted molar refractivity (Wildman–Crippen MR) is 67.8 cm³/mol. The zero-order valence-corrected chi connectivity index (χ0v) is 10.2. The predicted octanol–water partition coefficient (Wildman–Crippen LogP) is 1.48. The van der Waals surface area contributed by atoms with Gasteiger partial charge < -0.3 is 10.4 Å². The van der Waals surface area contributed by atoms with E-state index in [9.17, 15) is 4.79 Å². The van der Waals surface area contributed by atoms with E-state index in [0.29, 0.717) is 18.5 Å². The first-order valence-corrected chi connectivity index (χ1v) is 5.67. The van der Waals surface area contributed by atoms with E-state index in [0.717, 1.165) is 11.1 Å². The highest BCUT2D eigenvalue weighted by atomic mass is 16.2. The molecule has 0 radical (unpaired) electrons. The minimum absolute atomic E-state index is 0.0576. The van der Waals surface area contributed by atoms with E-state index in [-0.39, 0.29) is 12.5 Å². The van der Waals surface area contributed by atoms with Gasteiger partial charge in [-0.3, -0.25) is 4.79 Å². The second-order valence-corrected chi connectivity index (χ2v) is 3.66. The van der Waals surface area contributed by atoms with E-state index in [2.05, 4.69) is 17.2 Å². The molecule has 0 unspecified atom stereocenters. The summed E-state index contributed by atoms with van der Waals surface area (Å²) < 4.78 is 0. The van der Waals surface area contributed by atoms with Gasteiger partial charge in [0.1, 0.15) is 0 Å². The Labute approximate surface area is 102 Å². The molecule has 0 heterocycles. The van der Waals surface area contributed by atoms with Gasteiger partial charge in [0.2, 0.25) is 0 Å². The number of aliphatic hydroxyl groups excluding tert-OH is 1. The number of carbonyl (C=O) groups excluding carboxylic acids is 1. The normalized spacial score (nSPS) is 9.35. The van der Waals surface area contributed by atoms with Crippen molar-refractivity contribution in [2.75, 3.05) is 13.2 Å². The van der Waals surface area contributed by atoms with Crippen LogP contribution in [0.1, 0.15) is 34.8 Å². The van der Waals surface area contributed by atoms with Crippen LogP contribution >= 0.6 is 0 Å². The molecule has 0 aliphatic heterocycles. The number of hydrogen-bond donors (Lipinski definition) is 2. The Hall–Kier alpha value is -1.79. The number of aliphatic hydroxyl groups is 1. The molecule has 0 bridgehead atoms. The molecule has 0 aliphatic rings. The van der Waals surface area contributed by atoms with Crippen molar-refractivity contribution in [2.45, 2.75) is 20.3 Å². The zero-order chi connectivity index (χ0) is 12.7. The van der Waals surface area contributed by atoms with Crippen LogP contribution in [0, 0.1) is 18.8 Å². The first-order valence-electron chi connectivity index (χ1n) is 5.67. The van der Waals surface area contributed by atoms with Crippen LogP contribution in [0.3, 0.4) is 0 Å². The fraction of sp³-hybridized carbons (Fsp3) is 0.357. The molecule has 1 aromatic carbocycles. The van der Waals surface area contributed by atoms with Crippen molar-refractivity contribution in [3.05, 3.63) is 34.9 Å². The summed E-state index contributed by atoms with van der Waals surface area (Å²) in [5.74, 6) is 5.73. The highest BCUT2D eigenvalue weighted by Gasteiger charge is 2.05. The number of aryl methyl sites for hydroxylation is 1. The maximum Gasteiger partial charge on any atom is 0.251 e. The lowest BCUT2D eigenvalue weighted by Gasteiger charge is -2.04. The lowest BCUT2D eigenvalue weighted by Crippen LogP contribution is -2.22. The molecule has 0 spiro atoms. The van der Waals surface area contributed by atoms with Gasteiger partial charge in [0.25, 0.3) is 5.91 Å². The molecular weight excluding hydrogens is 214 g/mol. The summed E-state index contributed by atoms with van der Waals surface area (Å²) in [4.78, 5) is 11.6. The molecule has 0 atom stereocenters. The first kappa shape index (κ1) is 13.3. The molecule has 17 heavy (non-hydrogen) atoms. The van der Waals surface area contributed by atoms with Crippen molar-refractivity contribution < 1.29 is 9.90 Å². The van der Waals surface area contributed by atoms with Gasteiger partial charge in [0.15, 0.2) is 0 Å². The quantitative estimate of drug-likeness (QED) is 0.774. The van der Waals surface area contributed by atoms with E-state index in [1.807, 2.05) is 19.9 Å². The van der Waals surface area contributed by atoms with Crippen LogP contribution in [0.25, 0.3) is 0 Å². The van der Waals surface area contributed by atoms with Gasteiger partial charge in [-0.15, -0.1) is 0 Å². The minimum Gasteiger partial charge on any atom is -0.395 e. The van der Waals surface area contributed by atoms with Crippen LogP contribution in [0.4, 0.5) is 0 Å². The average molecular weight is 231 g/mol. The van der Waals surface area contributed by atoms with Crippen molar-refractivity contribution >= 4 is 5.91 Å². The van der Waals surface area contributed by atoms with Crippen LogP contribution in [0.2, 0.25) is 0 Å². The third kappa shape index (κ3) is 3.93. The molecule has 90 valence electrons. The van der Waals surface area contributed by atoms with Crippen molar-refractivity contribution in [1.29, 1.82) is 0 Å². The highest BCUT2D eigenvalue weighted by Crippen LogP contribution is 2.10. The first-order chi connectivity index (χ1) is 8.19. The van der Waals surface area contributed by atoms with Crippen LogP contribution in [0.15, 0.2) is 18.2 Å². The zero-order valence-electron chi connectivity index (χ0n) is 10.2. The van der Waals surface area contributed by atoms with E-state index < -0.39 is 0 Å². The van der Waals surface area contributed by atoms with Crippen molar-refractivity contribution in [2.24, 2.45) is 0 Å². The summed E-state index contributed by atoms with van der Waals surface area (Å²) in [6, 6.07) is 5.45. The summed E-state index contributed by atoms with van der Waals surface area (Å²) >= 11 is 0. The Morgan fingerprint density at radius 2 is 2.24 bits per heavy atom. The topological polar surface area (TPSA) is 49.3 Å². The summed E-state index contributed by atoms with van der Waals surface area (Å²) in [6.07, 6.45) is 0.449. The van der Waals surface area contributed by atoms with Crippen molar-refractivity contribution in [3.63, 3.8) is 0 Å². The standard InChI is InChI=1S/C14H17NO2/c1-3-15-14(17)13-8-7-11(2)12(10-13)6-4-5-9-16/h7-8,10,16H,3,5,9H2,1-2H3,(H,15,17). The molecule has 3 heteroatoms. The number of amides is 1. The molecule has 1 rings (SSSR count). The third-order valence-corrected chi connectivity index (χ3v) is 2.30. The number of hydrogen-bond acceptors (Lipinski definition) is 2. The molecule has 0 aliphatic carbocycles. The van der Waals surface area contributed by atoms with Gasteiger partial charge in [0.05, 0.1) is 6.61 Å². The number of rotatable bonds is 3. The Kier molecular flexibility index (Phi) is 5.25. The molecule has 0 fully saturated rings. The Morgan fingerprint density at radius 3 is 2.88 bits per heavy atom. The molecule has 0 aromatic heterocycles. The smallest absolute Gasteiger partial charge is 0.251 e. The SMILES string of the molecule is CCNC(=O)c1ccc(C)c(C#CCCO)c1. The number of benzene rings is 1. The van der Waals surface area contributed by atoms with Crippen molar-refractivity contribution in [1.82, 2.24) is 5.32 Å². The Balaban J connectivity index is 2.95. The fourth-order valence-electron chi connectivity index (χ4n) is 1.37. The summed E-state index contributed by atoms with van der Waals surface area (Å²) in [5.41, 5.74) is 2.48. The molecule has 2 N–H and O–H groups in total. The fourth-order valence-corrected chi connectivity index (χ4v) is 1.37. The van der Waals surface area contributed by atoms with E-state index in [4.69, 9.17) is 5.11 Å². The lowest BCUT2D eigenvalue weighted by molar-refractivity contribution is 0.0956. The van der Waals surface area contributed by atoms with Gasteiger partial charge in [-0.25, -0.2) is 0 Å². The number of nitrogens with one attached hydrogen (secondary N) is 1. The molecule has 1 amide bonds. The Bertz CT molecular complexity index is 455. The van der Waals surface area contributed by atoms with Gasteiger partial charge in [-0.05, 0) is 31.5 Å². The summed E-state index contributed by atoms with van der Waals surface area (Å²) in [6.45, 7) is 4.50. The molecule has 1 aromatic rings. The summed E-state index contributed by atoms with van der Waals surface area (Å²) in [7, 11) is 0. The molecule has 0 saturated heterocycles. The monoisotopic (exact) mass is 231 g/mol. The van der Waals surface area contributed by atoms with Crippen molar-refractivity contribution in [3.8, 4) is 11.8 Å². The van der Waals surface area contributed by atoms with Gasteiger partial charge in [-0.1, -0.05) is 17.9 Å². The number of carbonyl (C=O) groups is 1. The summed E-state index contributed by atoms with van der Waals surface area (Å²) in [5, 5.41) is 11.4. The van der Waals surface area contributed by atoms with Crippen LogP contribution < -0.4 is 5.32 Å². The second kappa shape index (κ2) is 6.72. The third-order valence-electron chi connectivity index (χ3n) is 2.30. The largest absolute Gasteiger partial charge is 0.395 e. The van der Waals surface area contributed by atoms with Crippen LogP contribution in [-0.2, 0) is 0 Å². The second-order valence-electron chi connectivity index (χ2n) is 3.66. The minimum atomic E-state index is -0.0855. The van der Waals surface area contributed by atoms with E-state index >= 15 is 0 Å². The van der Waals surface area contributed by atoms with Gasteiger partial charge >= 0.3 is 0 Å². The van der Waals surface area contributed by atoms with Crippen LogP contribution in [-0.4, -0.2) is 24.2 Å². The molecule has 0 saturated carbocycles. The lowest BCUT2D eigenvalue weighted by atomic mass is 10.0.